The fourth-order valence-electron chi connectivity index (χ4n) is 2.43. The Balaban J connectivity index is 2.32. The summed E-state index contributed by atoms with van der Waals surface area (Å²) in [6, 6.07) is 10.8. The van der Waals surface area contributed by atoms with Crippen molar-refractivity contribution in [2.75, 3.05) is 18.7 Å². The van der Waals surface area contributed by atoms with E-state index in [1.54, 1.807) is 51.1 Å². The number of nitrogens with one attached hydrogen (secondary N) is 1. The molecule has 0 saturated carbocycles. The van der Waals surface area contributed by atoms with Gasteiger partial charge in [0.25, 0.3) is 10.1 Å². The van der Waals surface area contributed by atoms with E-state index in [1.807, 2.05) is 0 Å². The Hall–Kier alpha value is -2.98. The second-order valence-corrected chi connectivity index (χ2v) is 8.97. The summed E-state index contributed by atoms with van der Waals surface area (Å²) >= 11 is 0. The first-order valence-electron chi connectivity index (χ1n) is 8.91. The summed E-state index contributed by atoms with van der Waals surface area (Å²) in [5.41, 5.74) is 0.470. The Morgan fingerprint density at radius 1 is 1.07 bits per heavy atom. The van der Waals surface area contributed by atoms with E-state index in [4.69, 9.17) is 8.92 Å². The van der Waals surface area contributed by atoms with Crippen LogP contribution in [0.25, 0.3) is 0 Å². The lowest BCUT2D eigenvalue weighted by Gasteiger charge is -2.20. The van der Waals surface area contributed by atoms with Gasteiger partial charge in [0.1, 0.15) is 17.4 Å². The van der Waals surface area contributed by atoms with Crippen LogP contribution in [0, 0.1) is 0 Å². The number of anilines is 1. The summed E-state index contributed by atoms with van der Waals surface area (Å²) in [7, 11) is -2.63. The van der Waals surface area contributed by atoms with Gasteiger partial charge in [0.2, 0.25) is 0 Å². The molecule has 1 heterocycles. The molecule has 1 atom stereocenters. The lowest BCUT2D eigenvalue weighted by molar-refractivity contribution is 0.0591. The fourth-order valence-corrected chi connectivity index (χ4v) is 2.99. The van der Waals surface area contributed by atoms with Crippen LogP contribution in [0.4, 0.5) is 10.5 Å². The third-order valence-corrected chi connectivity index (χ3v) is 4.11. The van der Waals surface area contributed by atoms with Gasteiger partial charge in [0.15, 0.2) is 0 Å². The standard InChI is InChI=1S/C20H24N2O7S/c1-20(2,3)28-19(24)21-14-11-9-13(10-12-14)17(29-30(5,25)26)15-7-6-8-16(22-15)18(23)27-4/h6-12,17H,1-5H3,(H,21,24). The second-order valence-electron chi connectivity index (χ2n) is 7.37. The zero-order chi connectivity index (χ0) is 22.5. The Kier molecular flexibility index (Phi) is 7.16. The summed E-state index contributed by atoms with van der Waals surface area (Å²) in [6.45, 7) is 5.24. The predicted molar refractivity (Wildman–Crippen MR) is 110 cm³/mol. The van der Waals surface area contributed by atoms with E-state index in [1.165, 1.54) is 19.2 Å². The lowest BCUT2D eigenvalue weighted by Crippen LogP contribution is -2.27. The highest BCUT2D eigenvalue weighted by molar-refractivity contribution is 7.86. The van der Waals surface area contributed by atoms with Crippen LogP contribution < -0.4 is 5.32 Å². The van der Waals surface area contributed by atoms with Gasteiger partial charge in [-0.15, -0.1) is 0 Å². The van der Waals surface area contributed by atoms with Gasteiger partial charge >= 0.3 is 12.1 Å². The topological polar surface area (TPSA) is 121 Å². The molecule has 1 amide bonds. The van der Waals surface area contributed by atoms with Gasteiger partial charge in [-0.25, -0.2) is 14.6 Å². The van der Waals surface area contributed by atoms with E-state index in [0.29, 0.717) is 11.3 Å². The minimum Gasteiger partial charge on any atom is -0.464 e. The molecule has 0 bridgehead atoms. The quantitative estimate of drug-likeness (QED) is 0.541. The SMILES string of the molecule is COC(=O)c1cccc(C(OS(C)(=O)=O)c2ccc(NC(=O)OC(C)(C)C)cc2)n1. The van der Waals surface area contributed by atoms with Crippen molar-refractivity contribution >= 4 is 27.9 Å². The smallest absolute Gasteiger partial charge is 0.412 e. The van der Waals surface area contributed by atoms with Gasteiger partial charge in [-0.3, -0.25) is 9.50 Å². The number of rotatable bonds is 6. The first-order chi connectivity index (χ1) is 13.9. The van der Waals surface area contributed by atoms with E-state index < -0.39 is 33.9 Å². The van der Waals surface area contributed by atoms with Crippen molar-refractivity contribution in [2.45, 2.75) is 32.5 Å². The van der Waals surface area contributed by atoms with E-state index in [9.17, 15) is 18.0 Å². The molecule has 0 aliphatic heterocycles. The van der Waals surface area contributed by atoms with Crippen molar-refractivity contribution in [2.24, 2.45) is 0 Å². The van der Waals surface area contributed by atoms with Crippen molar-refractivity contribution in [1.29, 1.82) is 0 Å². The summed E-state index contributed by atoms with van der Waals surface area (Å²) in [5, 5.41) is 2.59. The average molecular weight is 436 g/mol. The third-order valence-electron chi connectivity index (χ3n) is 3.56. The lowest BCUT2D eigenvalue weighted by atomic mass is 10.1. The van der Waals surface area contributed by atoms with Gasteiger partial charge in [-0.05, 0) is 50.6 Å². The molecule has 162 valence electrons. The highest BCUT2D eigenvalue weighted by Gasteiger charge is 2.23. The van der Waals surface area contributed by atoms with Crippen LogP contribution >= 0.6 is 0 Å². The number of carbonyl (C=O) groups excluding carboxylic acids is 2. The van der Waals surface area contributed by atoms with Crippen LogP contribution in [0.15, 0.2) is 42.5 Å². The number of pyridine rings is 1. The van der Waals surface area contributed by atoms with Crippen molar-refractivity contribution in [3.63, 3.8) is 0 Å². The summed E-state index contributed by atoms with van der Waals surface area (Å²) < 4.78 is 38.6. The number of amides is 1. The number of benzene rings is 1. The summed E-state index contributed by atoms with van der Waals surface area (Å²) in [5.74, 6) is -0.660. The number of esters is 1. The fraction of sp³-hybridized carbons (Fsp3) is 0.350. The molecule has 2 rings (SSSR count). The number of carbonyl (C=O) groups is 2. The molecule has 1 aromatic heterocycles. The zero-order valence-electron chi connectivity index (χ0n) is 17.3. The van der Waals surface area contributed by atoms with Crippen molar-refractivity contribution < 1.29 is 31.7 Å². The molecule has 1 unspecified atom stereocenters. The molecular formula is C20H24N2O7S. The summed E-state index contributed by atoms with van der Waals surface area (Å²) in [4.78, 5) is 27.8. The van der Waals surface area contributed by atoms with Crippen LogP contribution in [0.1, 0.15) is 48.6 Å². The Morgan fingerprint density at radius 2 is 1.70 bits per heavy atom. The second kappa shape index (κ2) is 9.23. The molecular weight excluding hydrogens is 412 g/mol. The Morgan fingerprint density at radius 3 is 2.23 bits per heavy atom. The molecule has 1 N–H and O–H groups in total. The van der Waals surface area contributed by atoms with Crippen molar-refractivity contribution in [3.8, 4) is 0 Å². The van der Waals surface area contributed by atoms with Crippen LogP contribution in [0.3, 0.4) is 0 Å². The van der Waals surface area contributed by atoms with Crippen molar-refractivity contribution in [3.05, 3.63) is 59.4 Å². The number of hydrogen-bond donors (Lipinski definition) is 1. The zero-order valence-corrected chi connectivity index (χ0v) is 18.1. The van der Waals surface area contributed by atoms with E-state index in [0.717, 1.165) is 6.26 Å². The number of methoxy groups -OCH3 is 1. The molecule has 1 aromatic carbocycles. The maximum atomic E-state index is 11.9. The first kappa shape index (κ1) is 23.3. The van der Waals surface area contributed by atoms with Crippen LogP contribution in [0.2, 0.25) is 0 Å². The first-order valence-corrected chi connectivity index (χ1v) is 10.7. The number of hydrogen-bond acceptors (Lipinski definition) is 8. The monoisotopic (exact) mass is 436 g/mol. The van der Waals surface area contributed by atoms with Gasteiger partial charge in [-0.2, -0.15) is 8.42 Å². The molecule has 30 heavy (non-hydrogen) atoms. The van der Waals surface area contributed by atoms with Gasteiger partial charge in [-0.1, -0.05) is 18.2 Å². The maximum Gasteiger partial charge on any atom is 0.412 e. The van der Waals surface area contributed by atoms with Gasteiger partial charge in [0, 0.05) is 5.69 Å². The molecule has 0 aliphatic carbocycles. The minimum absolute atomic E-state index is 0.0142. The van der Waals surface area contributed by atoms with Crippen LogP contribution in [-0.4, -0.2) is 44.4 Å². The van der Waals surface area contributed by atoms with E-state index >= 15 is 0 Å². The average Bonchev–Trinajstić information content (AvgIpc) is 2.64. The predicted octanol–water partition coefficient (Wildman–Crippen LogP) is 3.28. The Labute approximate surface area is 175 Å². The molecule has 0 aliphatic rings. The number of ether oxygens (including phenoxy) is 2. The molecule has 0 radical (unpaired) electrons. The van der Waals surface area contributed by atoms with E-state index in [2.05, 4.69) is 15.0 Å². The molecule has 10 heteroatoms. The molecule has 0 fully saturated rings. The summed E-state index contributed by atoms with van der Waals surface area (Å²) in [6.07, 6.45) is -0.797. The molecule has 0 spiro atoms. The number of aromatic nitrogens is 1. The molecule has 9 nitrogen and oxygen atoms in total. The molecule has 2 aromatic rings. The highest BCUT2D eigenvalue weighted by Crippen LogP contribution is 2.28. The normalized spacial score (nSPS) is 12.7. The third kappa shape index (κ3) is 7.12. The van der Waals surface area contributed by atoms with Gasteiger partial charge in [0.05, 0.1) is 19.1 Å². The van der Waals surface area contributed by atoms with Gasteiger partial charge < -0.3 is 9.47 Å². The van der Waals surface area contributed by atoms with E-state index in [-0.39, 0.29) is 11.4 Å². The number of nitrogens with zero attached hydrogens (tertiary/aromatic N) is 1. The highest BCUT2D eigenvalue weighted by atomic mass is 32.2. The largest absolute Gasteiger partial charge is 0.464 e. The van der Waals surface area contributed by atoms with Crippen molar-refractivity contribution in [1.82, 2.24) is 4.98 Å². The minimum atomic E-state index is -3.85. The van der Waals surface area contributed by atoms with Crippen LogP contribution in [0.5, 0.6) is 0 Å². The van der Waals surface area contributed by atoms with Crippen LogP contribution in [-0.2, 0) is 23.8 Å². The Bertz CT molecular complexity index is 1010. The molecule has 0 saturated heterocycles. The maximum absolute atomic E-state index is 11.9.